The molecule has 1 aromatic carbocycles. The first-order chi connectivity index (χ1) is 9.54. The first kappa shape index (κ1) is 16.5. The van der Waals surface area contributed by atoms with Gasteiger partial charge in [0.15, 0.2) is 0 Å². The van der Waals surface area contributed by atoms with E-state index in [4.69, 9.17) is 4.74 Å². The van der Waals surface area contributed by atoms with Crippen molar-refractivity contribution >= 4 is 5.91 Å². The maximum Gasteiger partial charge on any atom is 0.222 e. The van der Waals surface area contributed by atoms with Crippen LogP contribution in [-0.2, 0) is 4.79 Å². The van der Waals surface area contributed by atoms with Crippen LogP contribution in [0.5, 0.6) is 5.75 Å². The largest absolute Gasteiger partial charge is 0.494 e. The summed E-state index contributed by atoms with van der Waals surface area (Å²) in [7, 11) is 3.54. The van der Waals surface area contributed by atoms with E-state index in [1.54, 1.807) is 19.0 Å². The molecule has 4 nitrogen and oxygen atoms in total. The minimum atomic E-state index is 0.142. The van der Waals surface area contributed by atoms with E-state index in [0.29, 0.717) is 19.1 Å². The highest BCUT2D eigenvalue weighted by molar-refractivity contribution is 5.75. The SMILES string of the molecule is CCNC(C)c1ccc(OCCCC(=O)N(C)C)cc1. The van der Waals surface area contributed by atoms with Gasteiger partial charge in [0.2, 0.25) is 5.91 Å². The van der Waals surface area contributed by atoms with E-state index in [1.165, 1.54) is 5.56 Å². The lowest BCUT2D eigenvalue weighted by Gasteiger charge is -2.13. The average Bonchev–Trinajstić information content (AvgIpc) is 2.44. The molecular formula is C16H26N2O2. The molecule has 0 heterocycles. The first-order valence-corrected chi connectivity index (χ1v) is 7.21. The fourth-order valence-corrected chi connectivity index (χ4v) is 1.91. The number of ether oxygens (including phenoxy) is 1. The molecule has 0 aliphatic rings. The molecule has 0 bridgehead atoms. The van der Waals surface area contributed by atoms with Crippen LogP contribution in [0.15, 0.2) is 24.3 Å². The van der Waals surface area contributed by atoms with Crippen molar-refractivity contribution in [2.45, 2.75) is 32.7 Å². The monoisotopic (exact) mass is 278 g/mol. The number of amides is 1. The molecule has 0 saturated carbocycles. The smallest absolute Gasteiger partial charge is 0.222 e. The van der Waals surface area contributed by atoms with Crippen LogP contribution in [0.3, 0.4) is 0 Å². The summed E-state index contributed by atoms with van der Waals surface area (Å²) in [6.07, 6.45) is 1.27. The van der Waals surface area contributed by atoms with Gasteiger partial charge in [-0.25, -0.2) is 0 Å². The zero-order chi connectivity index (χ0) is 15.0. The third kappa shape index (κ3) is 5.61. The zero-order valence-corrected chi connectivity index (χ0v) is 13.0. The number of benzene rings is 1. The molecular weight excluding hydrogens is 252 g/mol. The van der Waals surface area contributed by atoms with Crippen LogP contribution in [0.25, 0.3) is 0 Å². The number of hydrogen-bond donors (Lipinski definition) is 1. The van der Waals surface area contributed by atoms with Gasteiger partial charge in [0, 0.05) is 26.6 Å². The summed E-state index contributed by atoms with van der Waals surface area (Å²) in [5.74, 6) is 0.998. The Hall–Kier alpha value is -1.55. The molecule has 1 rings (SSSR count). The van der Waals surface area contributed by atoms with Gasteiger partial charge < -0.3 is 15.0 Å². The van der Waals surface area contributed by atoms with Gasteiger partial charge in [-0.05, 0) is 37.6 Å². The summed E-state index contributed by atoms with van der Waals surface area (Å²) in [4.78, 5) is 13.0. The Kier molecular flexibility index (Phi) is 7.09. The van der Waals surface area contributed by atoms with Crippen molar-refractivity contribution in [1.29, 1.82) is 0 Å². The third-order valence-electron chi connectivity index (χ3n) is 3.19. The molecule has 20 heavy (non-hydrogen) atoms. The van der Waals surface area contributed by atoms with Crippen molar-refractivity contribution < 1.29 is 9.53 Å². The quantitative estimate of drug-likeness (QED) is 0.743. The van der Waals surface area contributed by atoms with Crippen molar-refractivity contribution in [1.82, 2.24) is 10.2 Å². The van der Waals surface area contributed by atoms with Gasteiger partial charge in [-0.15, -0.1) is 0 Å². The van der Waals surface area contributed by atoms with Crippen molar-refractivity contribution in [2.75, 3.05) is 27.2 Å². The summed E-state index contributed by atoms with van der Waals surface area (Å²) in [6, 6.07) is 8.47. The lowest BCUT2D eigenvalue weighted by molar-refractivity contribution is -0.128. The van der Waals surface area contributed by atoms with Crippen molar-refractivity contribution in [3.8, 4) is 5.75 Å². The van der Waals surface area contributed by atoms with Crippen molar-refractivity contribution in [3.05, 3.63) is 29.8 Å². The number of carbonyl (C=O) groups is 1. The average molecular weight is 278 g/mol. The molecule has 0 spiro atoms. The van der Waals surface area contributed by atoms with Crippen LogP contribution in [0.1, 0.15) is 38.3 Å². The molecule has 4 heteroatoms. The van der Waals surface area contributed by atoms with Crippen LogP contribution in [0, 0.1) is 0 Å². The Morgan fingerprint density at radius 1 is 1.30 bits per heavy atom. The molecule has 0 radical (unpaired) electrons. The molecule has 1 unspecified atom stereocenters. The van der Waals surface area contributed by atoms with Crippen molar-refractivity contribution in [2.24, 2.45) is 0 Å². The second kappa shape index (κ2) is 8.59. The minimum Gasteiger partial charge on any atom is -0.494 e. The van der Waals surface area contributed by atoms with E-state index in [9.17, 15) is 4.79 Å². The Morgan fingerprint density at radius 3 is 2.50 bits per heavy atom. The van der Waals surface area contributed by atoms with Crippen LogP contribution in [0.4, 0.5) is 0 Å². The van der Waals surface area contributed by atoms with Crippen LogP contribution < -0.4 is 10.1 Å². The van der Waals surface area contributed by atoms with Crippen LogP contribution >= 0.6 is 0 Å². The third-order valence-corrected chi connectivity index (χ3v) is 3.19. The summed E-state index contributed by atoms with van der Waals surface area (Å²) < 4.78 is 5.64. The van der Waals surface area contributed by atoms with Gasteiger partial charge in [0.25, 0.3) is 0 Å². The molecule has 1 aromatic rings. The first-order valence-electron chi connectivity index (χ1n) is 7.21. The summed E-state index contributed by atoms with van der Waals surface area (Å²) in [5, 5.41) is 3.37. The lowest BCUT2D eigenvalue weighted by Crippen LogP contribution is -2.21. The maximum atomic E-state index is 11.4. The predicted molar refractivity (Wildman–Crippen MR) is 82.0 cm³/mol. The summed E-state index contributed by atoms with van der Waals surface area (Å²) in [6.45, 7) is 5.77. The number of carbonyl (C=O) groups excluding carboxylic acids is 1. The van der Waals surface area contributed by atoms with E-state index < -0.39 is 0 Å². The van der Waals surface area contributed by atoms with Crippen LogP contribution in [0.2, 0.25) is 0 Å². The highest BCUT2D eigenvalue weighted by Crippen LogP contribution is 2.17. The van der Waals surface area contributed by atoms with Gasteiger partial charge in [-0.3, -0.25) is 4.79 Å². The fraction of sp³-hybridized carbons (Fsp3) is 0.562. The van der Waals surface area contributed by atoms with E-state index in [1.807, 2.05) is 12.1 Å². The molecule has 0 aromatic heterocycles. The molecule has 0 fully saturated rings. The Labute approximate surface area is 122 Å². The molecule has 0 saturated heterocycles. The second-order valence-corrected chi connectivity index (χ2v) is 5.09. The van der Waals surface area contributed by atoms with Gasteiger partial charge in [0.1, 0.15) is 5.75 Å². The Morgan fingerprint density at radius 2 is 1.95 bits per heavy atom. The van der Waals surface area contributed by atoms with Crippen LogP contribution in [-0.4, -0.2) is 38.1 Å². The van der Waals surface area contributed by atoms with E-state index in [-0.39, 0.29) is 5.91 Å². The molecule has 0 aliphatic carbocycles. The van der Waals surface area contributed by atoms with E-state index in [2.05, 4.69) is 31.3 Å². The highest BCUT2D eigenvalue weighted by Gasteiger charge is 2.05. The molecule has 0 aliphatic heterocycles. The lowest BCUT2D eigenvalue weighted by atomic mass is 10.1. The topological polar surface area (TPSA) is 41.6 Å². The number of rotatable bonds is 8. The number of hydrogen-bond acceptors (Lipinski definition) is 3. The predicted octanol–water partition coefficient (Wildman–Crippen LogP) is 2.60. The van der Waals surface area contributed by atoms with Gasteiger partial charge in [-0.2, -0.15) is 0 Å². The Balaban J connectivity index is 2.33. The Bertz CT molecular complexity index is 401. The highest BCUT2D eigenvalue weighted by atomic mass is 16.5. The normalized spacial score (nSPS) is 12.0. The molecule has 1 amide bonds. The van der Waals surface area contributed by atoms with Gasteiger partial charge >= 0.3 is 0 Å². The summed E-state index contributed by atoms with van der Waals surface area (Å²) in [5.41, 5.74) is 1.25. The standard InChI is InChI=1S/C16H26N2O2/c1-5-17-13(2)14-8-10-15(11-9-14)20-12-6-7-16(19)18(3)4/h8-11,13,17H,5-7,12H2,1-4H3. The zero-order valence-electron chi connectivity index (χ0n) is 13.0. The second-order valence-electron chi connectivity index (χ2n) is 5.09. The summed E-state index contributed by atoms with van der Waals surface area (Å²) >= 11 is 0. The van der Waals surface area contributed by atoms with Crippen molar-refractivity contribution in [3.63, 3.8) is 0 Å². The number of nitrogens with one attached hydrogen (secondary N) is 1. The van der Waals surface area contributed by atoms with Gasteiger partial charge in [-0.1, -0.05) is 19.1 Å². The molecule has 112 valence electrons. The van der Waals surface area contributed by atoms with Gasteiger partial charge in [0.05, 0.1) is 6.61 Å². The minimum absolute atomic E-state index is 0.142. The van der Waals surface area contributed by atoms with E-state index >= 15 is 0 Å². The molecule has 1 atom stereocenters. The maximum absolute atomic E-state index is 11.4. The van der Waals surface area contributed by atoms with E-state index in [0.717, 1.165) is 18.7 Å². The number of nitrogens with zero attached hydrogens (tertiary/aromatic N) is 1. The fourth-order valence-electron chi connectivity index (χ4n) is 1.91. The molecule has 1 N–H and O–H groups in total.